The van der Waals surface area contributed by atoms with Gasteiger partial charge in [-0.15, -0.1) is 0 Å². The normalized spacial score (nSPS) is 20.3. The van der Waals surface area contributed by atoms with Gasteiger partial charge in [-0.1, -0.05) is 0 Å². The van der Waals surface area contributed by atoms with Gasteiger partial charge in [-0.05, 0) is 43.5 Å². The van der Waals surface area contributed by atoms with E-state index in [0.717, 1.165) is 37.8 Å². The summed E-state index contributed by atoms with van der Waals surface area (Å²) in [6, 6.07) is 2.44. The number of rotatable bonds is 3. The summed E-state index contributed by atoms with van der Waals surface area (Å²) in [6.45, 7) is 0.914. The predicted octanol–water partition coefficient (Wildman–Crippen LogP) is 1.66. The van der Waals surface area contributed by atoms with E-state index < -0.39 is 26.4 Å². The molecule has 3 nitrogen and oxygen atoms in total. The number of hydrogen-bond acceptors (Lipinski definition) is 3. The van der Waals surface area contributed by atoms with Gasteiger partial charge in [-0.25, -0.2) is 17.2 Å². The SMILES string of the molecule is CS(=O)(=O)c1c(F)cc(CC2CCCN2)cc1F. The molecule has 2 rings (SSSR count). The summed E-state index contributed by atoms with van der Waals surface area (Å²) in [7, 11) is -3.87. The molecule has 6 heteroatoms. The summed E-state index contributed by atoms with van der Waals surface area (Å²) >= 11 is 0. The van der Waals surface area contributed by atoms with Gasteiger partial charge in [0.25, 0.3) is 0 Å². The van der Waals surface area contributed by atoms with Gasteiger partial charge >= 0.3 is 0 Å². The zero-order valence-electron chi connectivity index (χ0n) is 10.0. The van der Waals surface area contributed by atoms with Crippen LogP contribution in [-0.4, -0.2) is 27.3 Å². The van der Waals surface area contributed by atoms with Gasteiger partial charge in [0.05, 0.1) is 0 Å². The van der Waals surface area contributed by atoms with Crippen molar-refractivity contribution >= 4 is 9.84 Å². The molecule has 0 aliphatic carbocycles. The van der Waals surface area contributed by atoms with Crippen molar-refractivity contribution < 1.29 is 17.2 Å². The molecule has 1 N–H and O–H groups in total. The van der Waals surface area contributed by atoms with E-state index in [1.54, 1.807) is 0 Å². The summed E-state index contributed by atoms with van der Waals surface area (Å²) in [5, 5.41) is 3.23. The van der Waals surface area contributed by atoms with Crippen LogP contribution in [0.15, 0.2) is 17.0 Å². The summed E-state index contributed by atoms with van der Waals surface area (Å²) < 4.78 is 49.8. The monoisotopic (exact) mass is 275 g/mol. The number of benzene rings is 1. The van der Waals surface area contributed by atoms with E-state index in [-0.39, 0.29) is 6.04 Å². The van der Waals surface area contributed by atoms with Crippen molar-refractivity contribution in [2.45, 2.75) is 30.2 Å². The Morgan fingerprint density at radius 3 is 2.39 bits per heavy atom. The molecular formula is C12H15F2NO2S. The van der Waals surface area contributed by atoms with Crippen LogP contribution >= 0.6 is 0 Å². The van der Waals surface area contributed by atoms with E-state index >= 15 is 0 Å². The average molecular weight is 275 g/mol. The van der Waals surface area contributed by atoms with Crippen molar-refractivity contribution in [3.63, 3.8) is 0 Å². The van der Waals surface area contributed by atoms with Crippen LogP contribution in [0.3, 0.4) is 0 Å². The molecule has 0 bridgehead atoms. The molecule has 1 heterocycles. The zero-order valence-corrected chi connectivity index (χ0v) is 10.9. The Morgan fingerprint density at radius 2 is 1.94 bits per heavy atom. The maximum absolute atomic E-state index is 13.6. The largest absolute Gasteiger partial charge is 0.314 e. The lowest BCUT2D eigenvalue weighted by Crippen LogP contribution is -2.23. The second-order valence-corrected chi connectivity index (χ2v) is 6.61. The molecule has 1 fully saturated rings. The van der Waals surface area contributed by atoms with Crippen molar-refractivity contribution in [3.05, 3.63) is 29.3 Å². The van der Waals surface area contributed by atoms with Crippen molar-refractivity contribution in [3.8, 4) is 0 Å². The molecular weight excluding hydrogens is 260 g/mol. The van der Waals surface area contributed by atoms with Gasteiger partial charge in [-0.3, -0.25) is 0 Å². The third-order valence-electron chi connectivity index (χ3n) is 3.07. The van der Waals surface area contributed by atoms with Gasteiger partial charge in [0.15, 0.2) is 9.84 Å². The van der Waals surface area contributed by atoms with Gasteiger partial charge in [0, 0.05) is 12.3 Å². The first-order valence-corrected chi connectivity index (χ1v) is 7.68. The fourth-order valence-electron chi connectivity index (χ4n) is 2.30. The maximum atomic E-state index is 13.6. The van der Waals surface area contributed by atoms with Crippen LogP contribution in [0, 0.1) is 11.6 Å². The Hall–Kier alpha value is -1.01. The summed E-state index contributed by atoms with van der Waals surface area (Å²) in [5.74, 6) is -2.02. The Bertz CT molecular complexity index is 528. The molecule has 0 amide bonds. The van der Waals surface area contributed by atoms with E-state index in [4.69, 9.17) is 0 Å². The molecule has 1 atom stereocenters. The number of nitrogens with one attached hydrogen (secondary N) is 1. The fourth-order valence-corrected chi connectivity index (χ4v) is 3.13. The third-order valence-corrected chi connectivity index (χ3v) is 4.20. The topological polar surface area (TPSA) is 46.2 Å². The molecule has 100 valence electrons. The lowest BCUT2D eigenvalue weighted by molar-refractivity contribution is 0.514. The van der Waals surface area contributed by atoms with Gasteiger partial charge < -0.3 is 5.32 Å². The van der Waals surface area contributed by atoms with Crippen molar-refractivity contribution in [2.24, 2.45) is 0 Å². The Labute approximate surface area is 105 Å². The van der Waals surface area contributed by atoms with Crippen LogP contribution in [0.2, 0.25) is 0 Å². The van der Waals surface area contributed by atoms with Crippen LogP contribution in [0.1, 0.15) is 18.4 Å². The highest BCUT2D eigenvalue weighted by Gasteiger charge is 2.22. The molecule has 0 spiro atoms. The van der Waals surface area contributed by atoms with E-state index in [9.17, 15) is 17.2 Å². The smallest absolute Gasteiger partial charge is 0.181 e. The average Bonchev–Trinajstić information content (AvgIpc) is 2.66. The van der Waals surface area contributed by atoms with Crippen LogP contribution in [0.25, 0.3) is 0 Å². The fraction of sp³-hybridized carbons (Fsp3) is 0.500. The van der Waals surface area contributed by atoms with E-state index in [1.807, 2.05) is 0 Å². The molecule has 18 heavy (non-hydrogen) atoms. The van der Waals surface area contributed by atoms with Crippen LogP contribution in [-0.2, 0) is 16.3 Å². The van der Waals surface area contributed by atoms with Crippen LogP contribution in [0.5, 0.6) is 0 Å². The Balaban J connectivity index is 2.30. The lowest BCUT2D eigenvalue weighted by atomic mass is 10.0. The first kappa shape index (κ1) is 13.4. The Kier molecular flexibility index (Phi) is 3.68. The van der Waals surface area contributed by atoms with Crippen LogP contribution in [0.4, 0.5) is 8.78 Å². The minimum absolute atomic E-state index is 0.216. The minimum Gasteiger partial charge on any atom is -0.314 e. The summed E-state index contributed by atoms with van der Waals surface area (Å²) in [4.78, 5) is -0.842. The molecule has 0 aromatic heterocycles. The van der Waals surface area contributed by atoms with E-state index in [2.05, 4.69) is 5.32 Å². The maximum Gasteiger partial charge on any atom is 0.181 e. The van der Waals surface area contributed by atoms with Crippen molar-refractivity contribution in [2.75, 3.05) is 12.8 Å². The van der Waals surface area contributed by atoms with E-state index in [0.29, 0.717) is 12.0 Å². The lowest BCUT2D eigenvalue weighted by Gasteiger charge is -2.11. The number of sulfone groups is 1. The molecule has 1 aliphatic rings. The second-order valence-electron chi connectivity index (χ2n) is 4.66. The highest BCUT2D eigenvalue weighted by atomic mass is 32.2. The number of halogens is 2. The minimum atomic E-state index is -3.87. The van der Waals surface area contributed by atoms with Gasteiger partial charge in [0.1, 0.15) is 16.5 Å². The molecule has 1 saturated heterocycles. The van der Waals surface area contributed by atoms with Crippen molar-refractivity contribution in [1.82, 2.24) is 5.32 Å². The number of hydrogen-bond donors (Lipinski definition) is 1. The molecule has 1 aliphatic heterocycles. The first-order valence-electron chi connectivity index (χ1n) is 5.79. The molecule has 1 unspecified atom stereocenters. The third kappa shape index (κ3) is 2.87. The molecule has 1 aromatic rings. The first-order chi connectivity index (χ1) is 8.38. The van der Waals surface area contributed by atoms with Crippen molar-refractivity contribution in [1.29, 1.82) is 0 Å². The standard InChI is InChI=1S/C12H15F2NO2S/c1-18(16,17)12-10(13)6-8(7-11(12)14)5-9-3-2-4-15-9/h6-7,9,15H,2-5H2,1H3. The molecule has 0 saturated carbocycles. The van der Waals surface area contributed by atoms with Crippen LogP contribution < -0.4 is 5.32 Å². The van der Waals surface area contributed by atoms with E-state index in [1.165, 1.54) is 0 Å². The molecule has 1 aromatic carbocycles. The summed E-state index contributed by atoms with van der Waals surface area (Å²) in [6.07, 6.45) is 3.33. The highest BCUT2D eigenvalue weighted by molar-refractivity contribution is 7.90. The quantitative estimate of drug-likeness (QED) is 0.912. The highest BCUT2D eigenvalue weighted by Crippen LogP contribution is 2.22. The summed E-state index contributed by atoms with van der Waals surface area (Å²) in [5.41, 5.74) is 0.483. The Morgan fingerprint density at radius 1 is 1.33 bits per heavy atom. The second kappa shape index (κ2) is 4.93. The van der Waals surface area contributed by atoms with Gasteiger partial charge in [0.2, 0.25) is 0 Å². The zero-order chi connectivity index (χ0) is 13.3. The predicted molar refractivity (Wildman–Crippen MR) is 64.2 cm³/mol. The van der Waals surface area contributed by atoms with Gasteiger partial charge in [-0.2, -0.15) is 0 Å². The molecule has 0 radical (unpaired) electrons.